The second-order valence-electron chi connectivity index (χ2n) is 4.08. The first-order valence-corrected chi connectivity index (χ1v) is 5.90. The second kappa shape index (κ2) is 5.89. The summed E-state index contributed by atoms with van der Waals surface area (Å²) in [6.45, 7) is 7.28. The average Bonchev–Trinajstić information content (AvgIpc) is 2.24. The number of rotatable bonds is 3. The minimum Gasteiger partial charge on any atom is -0.305 e. The molecule has 1 aliphatic rings. The van der Waals surface area contributed by atoms with E-state index >= 15 is 0 Å². The van der Waals surface area contributed by atoms with Crippen molar-refractivity contribution in [1.82, 2.24) is 9.80 Å². The highest BCUT2D eigenvalue weighted by Crippen LogP contribution is 2.08. The molecule has 0 aromatic heterocycles. The predicted molar refractivity (Wildman–Crippen MR) is 61.6 cm³/mol. The van der Waals surface area contributed by atoms with Gasteiger partial charge in [0.05, 0.1) is 0 Å². The number of hydrogen-bond acceptors (Lipinski definition) is 3. The van der Waals surface area contributed by atoms with E-state index in [1.54, 1.807) is 0 Å². The molecule has 0 amide bonds. The number of nitrogens with zero attached hydrogens (tertiary/aromatic N) is 2. The number of hydrogen-bond donors (Lipinski definition) is 1. The van der Waals surface area contributed by atoms with E-state index in [1.807, 2.05) is 0 Å². The summed E-state index contributed by atoms with van der Waals surface area (Å²) in [7, 11) is 2.22. The van der Waals surface area contributed by atoms with Crippen LogP contribution in [0.4, 0.5) is 0 Å². The van der Waals surface area contributed by atoms with Crippen LogP contribution in [0.1, 0.15) is 19.8 Å². The first-order valence-electron chi connectivity index (χ1n) is 5.27. The summed E-state index contributed by atoms with van der Waals surface area (Å²) in [6.07, 6.45) is 2.53. The molecule has 0 bridgehead atoms. The zero-order valence-corrected chi connectivity index (χ0v) is 9.76. The van der Waals surface area contributed by atoms with Crippen molar-refractivity contribution < 1.29 is 0 Å². The molecule has 1 aliphatic heterocycles. The molecule has 0 radical (unpaired) electrons. The van der Waals surface area contributed by atoms with Crippen molar-refractivity contribution in [3.05, 3.63) is 0 Å². The summed E-state index contributed by atoms with van der Waals surface area (Å²) in [4.78, 5) is 5.03. The van der Waals surface area contributed by atoms with Gasteiger partial charge in [-0.15, -0.1) is 0 Å². The van der Waals surface area contributed by atoms with Crippen molar-refractivity contribution in [2.75, 3.05) is 39.0 Å². The van der Waals surface area contributed by atoms with Crippen LogP contribution in [0.15, 0.2) is 0 Å². The van der Waals surface area contributed by atoms with E-state index in [2.05, 4.69) is 36.4 Å². The first-order chi connectivity index (χ1) is 6.24. The van der Waals surface area contributed by atoms with Crippen LogP contribution in [0.25, 0.3) is 0 Å². The van der Waals surface area contributed by atoms with Crippen LogP contribution in [-0.2, 0) is 0 Å². The fourth-order valence-electron chi connectivity index (χ4n) is 2.03. The third-order valence-corrected chi connectivity index (χ3v) is 3.10. The Morgan fingerprint density at radius 2 is 2.15 bits per heavy atom. The van der Waals surface area contributed by atoms with Gasteiger partial charge in [-0.2, -0.15) is 12.6 Å². The Kier molecular flexibility index (Phi) is 5.14. The maximum Gasteiger partial charge on any atom is 0.0194 e. The molecule has 1 rings (SSSR count). The van der Waals surface area contributed by atoms with Crippen molar-refractivity contribution in [3.63, 3.8) is 0 Å². The van der Waals surface area contributed by atoms with Gasteiger partial charge in [-0.3, -0.25) is 4.90 Å². The monoisotopic (exact) mass is 202 g/mol. The number of thiol groups is 1. The normalized spacial score (nSPS) is 27.5. The van der Waals surface area contributed by atoms with Crippen molar-refractivity contribution in [2.24, 2.45) is 0 Å². The molecule has 78 valence electrons. The molecule has 0 aromatic rings. The fraction of sp³-hybridized carbons (Fsp3) is 1.00. The van der Waals surface area contributed by atoms with Crippen molar-refractivity contribution in [2.45, 2.75) is 25.8 Å². The lowest BCUT2D eigenvalue weighted by Crippen LogP contribution is -2.38. The standard InChI is InChI=1S/C10H22N2S/c1-10-9-11(2)5-3-6-12(10)7-4-8-13/h10,13H,3-9H2,1-2H3. The molecule has 3 heteroatoms. The first kappa shape index (κ1) is 11.3. The van der Waals surface area contributed by atoms with Gasteiger partial charge in [-0.25, -0.2) is 0 Å². The molecule has 1 fully saturated rings. The molecule has 2 nitrogen and oxygen atoms in total. The average molecular weight is 202 g/mol. The third kappa shape index (κ3) is 3.88. The zero-order valence-electron chi connectivity index (χ0n) is 8.87. The van der Waals surface area contributed by atoms with Crippen molar-refractivity contribution in [3.8, 4) is 0 Å². The lowest BCUT2D eigenvalue weighted by molar-refractivity contribution is 0.203. The topological polar surface area (TPSA) is 6.48 Å². The van der Waals surface area contributed by atoms with Crippen LogP contribution < -0.4 is 0 Å². The van der Waals surface area contributed by atoms with Gasteiger partial charge in [0.2, 0.25) is 0 Å². The Morgan fingerprint density at radius 1 is 1.38 bits per heavy atom. The highest BCUT2D eigenvalue weighted by molar-refractivity contribution is 7.80. The molecule has 0 aliphatic carbocycles. The van der Waals surface area contributed by atoms with Gasteiger partial charge in [-0.05, 0) is 52.2 Å². The Balaban J connectivity index is 2.34. The van der Waals surface area contributed by atoms with Gasteiger partial charge in [0.1, 0.15) is 0 Å². The summed E-state index contributed by atoms with van der Waals surface area (Å²) in [5.41, 5.74) is 0. The van der Waals surface area contributed by atoms with Crippen LogP contribution in [-0.4, -0.2) is 54.8 Å². The highest BCUT2D eigenvalue weighted by atomic mass is 32.1. The van der Waals surface area contributed by atoms with E-state index in [4.69, 9.17) is 0 Å². The predicted octanol–water partition coefficient (Wildman–Crippen LogP) is 1.33. The van der Waals surface area contributed by atoms with Crippen LogP contribution >= 0.6 is 12.6 Å². The van der Waals surface area contributed by atoms with E-state index in [0.29, 0.717) is 6.04 Å². The lowest BCUT2D eigenvalue weighted by atomic mass is 10.2. The molecule has 13 heavy (non-hydrogen) atoms. The highest BCUT2D eigenvalue weighted by Gasteiger charge is 2.18. The Hall–Kier alpha value is 0.270. The Labute approximate surface area is 87.7 Å². The fourth-order valence-corrected chi connectivity index (χ4v) is 2.17. The van der Waals surface area contributed by atoms with Crippen molar-refractivity contribution >= 4 is 12.6 Å². The van der Waals surface area contributed by atoms with Crippen molar-refractivity contribution in [1.29, 1.82) is 0 Å². The van der Waals surface area contributed by atoms with E-state index < -0.39 is 0 Å². The molecule has 1 atom stereocenters. The van der Waals surface area contributed by atoms with Gasteiger partial charge in [-0.1, -0.05) is 0 Å². The molecule has 0 saturated carbocycles. The van der Waals surface area contributed by atoms with Crippen LogP contribution in [0, 0.1) is 0 Å². The molecule has 0 spiro atoms. The van der Waals surface area contributed by atoms with E-state index in [-0.39, 0.29) is 0 Å². The lowest BCUT2D eigenvalue weighted by Gasteiger charge is -2.27. The summed E-state index contributed by atoms with van der Waals surface area (Å²) >= 11 is 4.26. The molecule has 0 N–H and O–H groups in total. The minimum absolute atomic E-state index is 0.715. The molecule has 1 heterocycles. The van der Waals surface area contributed by atoms with E-state index in [9.17, 15) is 0 Å². The SMILES string of the molecule is CC1CN(C)CCCN1CCCS. The maximum atomic E-state index is 4.26. The van der Waals surface area contributed by atoms with E-state index in [0.717, 1.165) is 5.75 Å². The minimum atomic E-state index is 0.715. The summed E-state index contributed by atoms with van der Waals surface area (Å²) in [5.74, 6) is 1.01. The zero-order chi connectivity index (χ0) is 9.68. The second-order valence-corrected chi connectivity index (χ2v) is 4.53. The van der Waals surface area contributed by atoms with Gasteiger partial charge in [0.25, 0.3) is 0 Å². The maximum absolute atomic E-state index is 4.26. The molecule has 0 aromatic carbocycles. The van der Waals surface area contributed by atoms with Gasteiger partial charge in [0, 0.05) is 12.6 Å². The van der Waals surface area contributed by atoms with Gasteiger partial charge < -0.3 is 4.90 Å². The van der Waals surface area contributed by atoms with Crippen LogP contribution in [0.2, 0.25) is 0 Å². The Bertz CT molecular complexity index is 139. The molecule has 1 saturated heterocycles. The molecule has 1 unspecified atom stereocenters. The third-order valence-electron chi connectivity index (χ3n) is 2.79. The summed E-state index contributed by atoms with van der Waals surface area (Å²) < 4.78 is 0. The van der Waals surface area contributed by atoms with E-state index in [1.165, 1.54) is 39.0 Å². The van der Waals surface area contributed by atoms with Crippen LogP contribution in [0.5, 0.6) is 0 Å². The molecular formula is C10H22N2S. The molecular weight excluding hydrogens is 180 g/mol. The Morgan fingerprint density at radius 3 is 2.85 bits per heavy atom. The summed E-state index contributed by atoms with van der Waals surface area (Å²) in [5, 5.41) is 0. The smallest absolute Gasteiger partial charge is 0.0194 e. The van der Waals surface area contributed by atoms with Gasteiger partial charge >= 0.3 is 0 Å². The largest absolute Gasteiger partial charge is 0.305 e. The van der Waals surface area contributed by atoms with Crippen LogP contribution in [0.3, 0.4) is 0 Å². The van der Waals surface area contributed by atoms with Gasteiger partial charge in [0.15, 0.2) is 0 Å². The quantitative estimate of drug-likeness (QED) is 0.690. The number of likely N-dealkylation sites (N-methyl/N-ethyl adjacent to an activating group) is 1. The summed E-state index contributed by atoms with van der Waals surface area (Å²) in [6, 6.07) is 0.715.